The normalized spacial score (nSPS) is 10.1. The van der Waals surface area contributed by atoms with Gasteiger partial charge in [0.05, 0.1) is 13.2 Å². The zero-order valence-corrected chi connectivity index (χ0v) is 6.86. The number of nitrogens with zero attached hydrogens (tertiary/aromatic N) is 2. The number of rotatable bonds is 3. The first-order chi connectivity index (χ1) is 5.75. The van der Waals surface area contributed by atoms with Gasteiger partial charge in [-0.05, 0) is 6.07 Å². The van der Waals surface area contributed by atoms with E-state index in [4.69, 9.17) is 10.5 Å². The van der Waals surface area contributed by atoms with Gasteiger partial charge in [0.2, 0.25) is 0 Å². The van der Waals surface area contributed by atoms with Crippen LogP contribution in [0.2, 0.25) is 0 Å². The zero-order chi connectivity index (χ0) is 8.97. The molecule has 0 aromatic carbocycles. The molecule has 66 valence electrons. The summed E-state index contributed by atoms with van der Waals surface area (Å²) in [7, 11) is 1.57. The summed E-state index contributed by atoms with van der Waals surface area (Å²) >= 11 is 0. The molecule has 1 rings (SSSR count). The van der Waals surface area contributed by atoms with Gasteiger partial charge in [0, 0.05) is 13.3 Å². The molecule has 0 fully saturated rings. The Labute approximate surface area is 69.8 Å². The first-order valence-electron chi connectivity index (χ1n) is 3.56. The first kappa shape index (κ1) is 8.73. The number of methoxy groups -OCH3 is 1. The van der Waals surface area contributed by atoms with E-state index in [-0.39, 0.29) is 11.2 Å². The Kier molecular flexibility index (Phi) is 2.82. The van der Waals surface area contributed by atoms with Gasteiger partial charge in [-0.3, -0.25) is 4.79 Å². The van der Waals surface area contributed by atoms with Crippen LogP contribution in [0, 0.1) is 0 Å². The minimum absolute atomic E-state index is 0.209. The number of nitrogen functional groups attached to an aromatic ring is 1. The summed E-state index contributed by atoms with van der Waals surface area (Å²) in [6.07, 6.45) is 1.49. The fourth-order valence-electron chi connectivity index (χ4n) is 0.804. The summed E-state index contributed by atoms with van der Waals surface area (Å²) in [5, 5.41) is 3.82. The highest BCUT2D eigenvalue weighted by Crippen LogP contribution is 1.87. The first-order valence-corrected chi connectivity index (χ1v) is 3.56. The Hall–Kier alpha value is -1.36. The lowest BCUT2D eigenvalue weighted by Crippen LogP contribution is -2.26. The summed E-state index contributed by atoms with van der Waals surface area (Å²) in [6.45, 7) is 0.886. The third-order valence-electron chi connectivity index (χ3n) is 1.45. The third-order valence-corrected chi connectivity index (χ3v) is 1.45. The molecule has 5 heteroatoms. The van der Waals surface area contributed by atoms with Gasteiger partial charge in [-0.2, -0.15) is 5.10 Å². The van der Waals surface area contributed by atoms with Gasteiger partial charge in [0.15, 0.2) is 0 Å². The van der Waals surface area contributed by atoms with E-state index >= 15 is 0 Å². The second-order valence-corrected chi connectivity index (χ2v) is 2.31. The largest absolute Gasteiger partial charge is 0.394 e. The van der Waals surface area contributed by atoms with Gasteiger partial charge in [0.1, 0.15) is 5.69 Å². The lowest BCUT2D eigenvalue weighted by atomic mass is 10.5. The molecule has 0 unspecified atom stereocenters. The Bertz CT molecular complexity index is 308. The topological polar surface area (TPSA) is 70.1 Å². The minimum atomic E-state index is -0.269. The van der Waals surface area contributed by atoms with E-state index in [1.54, 1.807) is 7.11 Å². The molecule has 0 atom stereocenters. The van der Waals surface area contributed by atoms with Crippen LogP contribution in [0.25, 0.3) is 0 Å². The van der Waals surface area contributed by atoms with Crippen LogP contribution in [0.15, 0.2) is 17.1 Å². The van der Waals surface area contributed by atoms with Crippen molar-refractivity contribution in [2.45, 2.75) is 6.54 Å². The third kappa shape index (κ3) is 1.82. The maximum absolute atomic E-state index is 11.2. The van der Waals surface area contributed by atoms with Crippen LogP contribution in [0.3, 0.4) is 0 Å². The molecule has 0 aliphatic heterocycles. The molecule has 0 spiro atoms. The standard InChI is InChI=1S/C7H11N3O2/c1-12-5-4-10-7(11)6(8)2-3-9-10/h2-3H,4-5,8H2,1H3. The minimum Gasteiger partial charge on any atom is -0.394 e. The highest BCUT2D eigenvalue weighted by Gasteiger charge is 1.98. The van der Waals surface area contributed by atoms with Crippen molar-refractivity contribution >= 4 is 5.69 Å². The van der Waals surface area contributed by atoms with E-state index in [0.29, 0.717) is 13.2 Å². The maximum atomic E-state index is 11.2. The molecule has 2 N–H and O–H groups in total. The Balaban J connectivity index is 2.85. The highest BCUT2D eigenvalue weighted by molar-refractivity contribution is 5.31. The predicted molar refractivity (Wildman–Crippen MR) is 44.8 cm³/mol. The molecule has 0 amide bonds. The van der Waals surface area contributed by atoms with Gasteiger partial charge >= 0.3 is 0 Å². The monoisotopic (exact) mass is 169 g/mol. The number of nitrogens with two attached hydrogens (primary N) is 1. The van der Waals surface area contributed by atoms with Crippen LogP contribution in [0.4, 0.5) is 5.69 Å². The second kappa shape index (κ2) is 3.87. The average Bonchev–Trinajstić information content (AvgIpc) is 2.08. The van der Waals surface area contributed by atoms with E-state index in [1.807, 2.05) is 0 Å². The van der Waals surface area contributed by atoms with E-state index < -0.39 is 0 Å². The number of aromatic nitrogens is 2. The van der Waals surface area contributed by atoms with E-state index in [1.165, 1.54) is 16.9 Å². The fraction of sp³-hybridized carbons (Fsp3) is 0.429. The maximum Gasteiger partial charge on any atom is 0.289 e. The van der Waals surface area contributed by atoms with Crippen molar-refractivity contribution in [1.82, 2.24) is 9.78 Å². The van der Waals surface area contributed by atoms with Crippen molar-refractivity contribution in [3.05, 3.63) is 22.6 Å². The lowest BCUT2D eigenvalue weighted by Gasteiger charge is -2.02. The fourth-order valence-corrected chi connectivity index (χ4v) is 0.804. The summed E-state index contributed by atoms with van der Waals surface area (Å²) in [4.78, 5) is 11.2. The molecule has 0 radical (unpaired) electrons. The van der Waals surface area contributed by atoms with Crippen LogP contribution >= 0.6 is 0 Å². The SMILES string of the molecule is COCCn1nccc(N)c1=O. The Morgan fingerprint density at radius 2 is 2.50 bits per heavy atom. The number of ether oxygens (including phenoxy) is 1. The summed E-state index contributed by atoms with van der Waals surface area (Å²) < 4.78 is 6.08. The van der Waals surface area contributed by atoms with Crippen LogP contribution < -0.4 is 11.3 Å². The molecule has 12 heavy (non-hydrogen) atoms. The molecule has 0 saturated heterocycles. The second-order valence-electron chi connectivity index (χ2n) is 2.31. The Morgan fingerprint density at radius 1 is 1.75 bits per heavy atom. The number of hydrogen-bond donors (Lipinski definition) is 1. The van der Waals surface area contributed by atoms with Gasteiger partial charge in [-0.25, -0.2) is 4.68 Å². The summed E-state index contributed by atoms with van der Waals surface area (Å²) in [5.74, 6) is 0. The molecule has 0 aliphatic rings. The van der Waals surface area contributed by atoms with Crippen molar-refractivity contribution < 1.29 is 4.74 Å². The summed E-state index contributed by atoms with van der Waals surface area (Å²) in [5.41, 5.74) is 5.32. The number of hydrogen-bond acceptors (Lipinski definition) is 4. The van der Waals surface area contributed by atoms with Gasteiger partial charge in [0.25, 0.3) is 5.56 Å². The van der Waals surface area contributed by atoms with Crippen molar-refractivity contribution in [1.29, 1.82) is 0 Å². The van der Waals surface area contributed by atoms with Crippen molar-refractivity contribution in [3.8, 4) is 0 Å². The van der Waals surface area contributed by atoms with Crippen LogP contribution in [-0.4, -0.2) is 23.5 Å². The lowest BCUT2D eigenvalue weighted by molar-refractivity contribution is 0.182. The van der Waals surface area contributed by atoms with Crippen molar-refractivity contribution in [2.75, 3.05) is 19.5 Å². The average molecular weight is 169 g/mol. The molecular weight excluding hydrogens is 158 g/mol. The van der Waals surface area contributed by atoms with Crippen LogP contribution in [0.5, 0.6) is 0 Å². The number of anilines is 1. The zero-order valence-electron chi connectivity index (χ0n) is 6.86. The molecule has 1 heterocycles. The van der Waals surface area contributed by atoms with E-state index in [0.717, 1.165) is 0 Å². The van der Waals surface area contributed by atoms with Crippen molar-refractivity contribution in [2.24, 2.45) is 0 Å². The molecule has 5 nitrogen and oxygen atoms in total. The predicted octanol–water partition coefficient (Wildman–Crippen LogP) is -0.528. The van der Waals surface area contributed by atoms with Crippen LogP contribution in [-0.2, 0) is 11.3 Å². The van der Waals surface area contributed by atoms with Gasteiger partial charge in [-0.1, -0.05) is 0 Å². The molecular formula is C7H11N3O2. The van der Waals surface area contributed by atoms with Gasteiger partial charge in [-0.15, -0.1) is 0 Å². The molecule has 0 bridgehead atoms. The van der Waals surface area contributed by atoms with Crippen molar-refractivity contribution in [3.63, 3.8) is 0 Å². The Morgan fingerprint density at radius 3 is 3.17 bits per heavy atom. The summed E-state index contributed by atoms with van der Waals surface area (Å²) in [6, 6.07) is 1.48. The molecule has 0 saturated carbocycles. The van der Waals surface area contributed by atoms with Gasteiger partial charge < -0.3 is 10.5 Å². The molecule has 1 aromatic rings. The highest BCUT2D eigenvalue weighted by atomic mass is 16.5. The quantitative estimate of drug-likeness (QED) is 0.660. The molecule has 0 aliphatic carbocycles. The smallest absolute Gasteiger partial charge is 0.289 e. The molecule has 1 aromatic heterocycles. The van der Waals surface area contributed by atoms with E-state index in [2.05, 4.69) is 5.10 Å². The van der Waals surface area contributed by atoms with E-state index in [9.17, 15) is 4.79 Å². The van der Waals surface area contributed by atoms with Crippen LogP contribution in [0.1, 0.15) is 0 Å².